The molecule has 1 aliphatic rings. The number of hydrogen-bond acceptors (Lipinski definition) is 5. The van der Waals surface area contributed by atoms with E-state index in [2.05, 4.69) is 24.9 Å². The van der Waals surface area contributed by atoms with Crippen LogP contribution < -0.4 is 5.32 Å². The zero-order valence-corrected chi connectivity index (χ0v) is 13.7. The Morgan fingerprint density at radius 1 is 1.52 bits per heavy atom. The number of carbonyl (C=O) groups excluding carboxylic acids is 1. The van der Waals surface area contributed by atoms with Gasteiger partial charge in [-0.25, -0.2) is 4.98 Å². The maximum absolute atomic E-state index is 12.1. The molecule has 3 heterocycles. The summed E-state index contributed by atoms with van der Waals surface area (Å²) < 4.78 is 7.08. The van der Waals surface area contributed by atoms with Gasteiger partial charge in [0.05, 0.1) is 12.2 Å². The van der Waals surface area contributed by atoms with E-state index in [1.807, 2.05) is 26.4 Å². The van der Waals surface area contributed by atoms with Crippen LogP contribution in [0, 0.1) is 12.8 Å². The number of likely N-dealkylation sites (tertiary alicyclic amines) is 1. The number of nitrogens with zero attached hydrogens (tertiary/aromatic N) is 4. The zero-order chi connectivity index (χ0) is 16.2. The van der Waals surface area contributed by atoms with Crippen LogP contribution in [0.4, 0.5) is 5.88 Å². The molecule has 0 aromatic carbocycles. The lowest BCUT2D eigenvalue weighted by atomic mass is 9.94. The van der Waals surface area contributed by atoms with Crippen LogP contribution in [-0.4, -0.2) is 45.1 Å². The third-order valence-electron chi connectivity index (χ3n) is 4.25. The first kappa shape index (κ1) is 15.7. The molecule has 23 heavy (non-hydrogen) atoms. The fourth-order valence-electron chi connectivity index (χ4n) is 3.12. The van der Waals surface area contributed by atoms with E-state index >= 15 is 0 Å². The number of carbonyl (C=O) groups is 1. The fourth-order valence-corrected chi connectivity index (χ4v) is 3.12. The summed E-state index contributed by atoms with van der Waals surface area (Å²) in [5, 5.41) is 6.52. The molecule has 7 nitrogen and oxygen atoms in total. The van der Waals surface area contributed by atoms with Crippen LogP contribution in [0.3, 0.4) is 0 Å². The summed E-state index contributed by atoms with van der Waals surface area (Å²) in [4.78, 5) is 18.7. The Labute approximate surface area is 135 Å². The highest BCUT2D eigenvalue weighted by Gasteiger charge is 2.23. The van der Waals surface area contributed by atoms with Gasteiger partial charge in [-0.2, -0.15) is 0 Å². The van der Waals surface area contributed by atoms with E-state index < -0.39 is 0 Å². The third-order valence-corrected chi connectivity index (χ3v) is 4.25. The minimum Gasteiger partial charge on any atom is -0.338 e. The van der Waals surface area contributed by atoms with Crippen LogP contribution in [0.1, 0.15) is 24.4 Å². The van der Waals surface area contributed by atoms with Crippen molar-refractivity contribution in [1.29, 1.82) is 0 Å². The maximum Gasteiger partial charge on any atom is 0.240 e. The predicted molar refractivity (Wildman–Crippen MR) is 85.9 cm³/mol. The van der Waals surface area contributed by atoms with Gasteiger partial charge in [0.15, 0.2) is 0 Å². The van der Waals surface area contributed by atoms with Gasteiger partial charge in [0.1, 0.15) is 5.82 Å². The van der Waals surface area contributed by atoms with E-state index in [-0.39, 0.29) is 5.91 Å². The Kier molecular flexibility index (Phi) is 4.76. The molecule has 124 valence electrons. The molecule has 3 rings (SSSR count). The molecular weight excluding hydrogens is 294 g/mol. The molecule has 7 heteroatoms. The summed E-state index contributed by atoms with van der Waals surface area (Å²) in [6.45, 7) is 4.10. The van der Waals surface area contributed by atoms with Crippen LogP contribution >= 0.6 is 0 Å². The molecule has 0 aliphatic carbocycles. The molecule has 0 radical (unpaired) electrons. The van der Waals surface area contributed by atoms with Gasteiger partial charge in [0.2, 0.25) is 11.8 Å². The van der Waals surface area contributed by atoms with Crippen molar-refractivity contribution >= 4 is 11.8 Å². The van der Waals surface area contributed by atoms with Crippen molar-refractivity contribution in [3.8, 4) is 0 Å². The molecule has 1 atom stereocenters. The van der Waals surface area contributed by atoms with Gasteiger partial charge in [-0.15, -0.1) is 0 Å². The van der Waals surface area contributed by atoms with Crippen molar-refractivity contribution < 1.29 is 9.32 Å². The second-order valence-electron chi connectivity index (χ2n) is 6.28. The lowest BCUT2D eigenvalue weighted by Gasteiger charge is -2.31. The summed E-state index contributed by atoms with van der Waals surface area (Å²) >= 11 is 0. The van der Waals surface area contributed by atoms with Crippen LogP contribution in [0.2, 0.25) is 0 Å². The van der Waals surface area contributed by atoms with Crippen LogP contribution in [0.5, 0.6) is 0 Å². The van der Waals surface area contributed by atoms with Gasteiger partial charge >= 0.3 is 0 Å². The lowest BCUT2D eigenvalue weighted by Crippen LogP contribution is -2.41. The molecule has 0 bridgehead atoms. The molecule has 2 aromatic heterocycles. The smallest absolute Gasteiger partial charge is 0.240 e. The molecule has 0 saturated carbocycles. The first-order chi connectivity index (χ1) is 11.1. The summed E-state index contributed by atoms with van der Waals surface area (Å²) in [7, 11) is 2.02. The second-order valence-corrected chi connectivity index (χ2v) is 6.28. The molecule has 1 fully saturated rings. The predicted octanol–water partition coefficient (Wildman–Crippen LogP) is 1.61. The number of hydrogen-bond donors (Lipinski definition) is 1. The minimum absolute atomic E-state index is 0.0567. The molecule has 1 aliphatic heterocycles. The van der Waals surface area contributed by atoms with E-state index in [0.717, 1.165) is 37.4 Å². The van der Waals surface area contributed by atoms with E-state index in [9.17, 15) is 4.79 Å². The Balaban J connectivity index is 1.50. The quantitative estimate of drug-likeness (QED) is 0.906. The van der Waals surface area contributed by atoms with Gasteiger partial charge in [0.25, 0.3) is 0 Å². The topological polar surface area (TPSA) is 76.2 Å². The lowest BCUT2D eigenvalue weighted by molar-refractivity contribution is -0.117. The third kappa shape index (κ3) is 4.19. The molecular formula is C16H23N5O2. The fraction of sp³-hybridized carbons (Fsp3) is 0.562. The van der Waals surface area contributed by atoms with Crippen LogP contribution in [0.15, 0.2) is 23.0 Å². The van der Waals surface area contributed by atoms with Gasteiger partial charge in [-0.05, 0) is 32.2 Å². The molecule has 0 spiro atoms. The number of piperidine rings is 1. The van der Waals surface area contributed by atoms with Crippen LogP contribution in [0.25, 0.3) is 0 Å². The summed E-state index contributed by atoms with van der Waals surface area (Å²) in [6.07, 6.45) is 7.07. The van der Waals surface area contributed by atoms with Gasteiger partial charge < -0.3 is 9.09 Å². The average molecular weight is 317 g/mol. The highest BCUT2D eigenvalue weighted by atomic mass is 16.5. The Hall–Kier alpha value is -2.15. The van der Waals surface area contributed by atoms with Gasteiger partial charge in [-0.3, -0.25) is 15.0 Å². The number of imidazole rings is 1. The molecule has 1 amide bonds. The molecule has 2 aromatic rings. The SMILES string of the molecule is Cc1cc(NC(=O)CN2CCCC(Cc3nccn3C)C2)on1. The Bertz CT molecular complexity index is 663. The van der Waals surface area contributed by atoms with Crippen LogP contribution in [-0.2, 0) is 18.3 Å². The summed E-state index contributed by atoms with van der Waals surface area (Å²) in [6, 6.07) is 1.72. The monoisotopic (exact) mass is 317 g/mol. The molecule has 1 N–H and O–H groups in total. The minimum atomic E-state index is -0.0567. The summed E-state index contributed by atoms with van der Waals surface area (Å²) in [5.74, 6) is 2.01. The second kappa shape index (κ2) is 6.95. The standard InChI is InChI=1S/C16H23N5O2/c1-12-8-16(23-19-12)18-15(22)11-21-6-3-4-13(10-21)9-14-17-5-7-20(14)2/h5,7-8,13H,3-4,6,9-11H2,1-2H3,(H,18,22). The number of anilines is 1. The summed E-state index contributed by atoms with van der Waals surface area (Å²) in [5.41, 5.74) is 0.758. The largest absolute Gasteiger partial charge is 0.338 e. The molecule has 1 saturated heterocycles. The van der Waals surface area contributed by atoms with E-state index in [0.29, 0.717) is 18.3 Å². The normalized spacial score (nSPS) is 19.0. The van der Waals surface area contributed by atoms with Gasteiger partial charge in [0, 0.05) is 38.5 Å². The van der Waals surface area contributed by atoms with E-state index in [4.69, 9.17) is 4.52 Å². The van der Waals surface area contributed by atoms with Gasteiger partial charge in [-0.1, -0.05) is 5.16 Å². The van der Waals surface area contributed by atoms with E-state index in [1.165, 1.54) is 6.42 Å². The number of aromatic nitrogens is 3. The van der Waals surface area contributed by atoms with E-state index in [1.54, 1.807) is 6.07 Å². The first-order valence-corrected chi connectivity index (χ1v) is 8.02. The van der Waals surface area contributed by atoms with Crippen molar-refractivity contribution in [3.63, 3.8) is 0 Å². The number of amides is 1. The molecule has 1 unspecified atom stereocenters. The number of aryl methyl sites for hydroxylation is 2. The van der Waals surface area contributed by atoms with Crippen molar-refractivity contribution in [1.82, 2.24) is 19.6 Å². The highest BCUT2D eigenvalue weighted by Crippen LogP contribution is 2.20. The van der Waals surface area contributed by atoms with Crippen molar-refractivity contribution in [2.24, 2.45) is 13.0 Å². The highest BCUT2D eigenvalue weighted by molar-refractivity contribution is 5.90. The average Bonchev–Trinajstić information content (AvgIpc) is 3.08. The maximum atomic E-state index is 12.1. The first-order valence-electron chi connectivity index (χ1n) is 8.02. The number of rotatable bonds is 5. The Morgan fingerprint density at radius 2 is 2.39 bits per heavy atom. The Morgan fingerprint density at radius 3 is 3.09 bits per heavy atom. The van der Waals surface area contributed by atoms with Crippen molar-refractivity contribution in [2.45, 2.75) is 26.2 Å². The zero-order valence-electron chi connectivity index (χ0n) is 13.7. The number of nitrogens with one attached hydrogen (secondary N) is 1. The van der Waals surface area contributed by atoms with Crippen molar-refractivity contribution in [3.05, 3.63) is 30.0 Å². The van der Waals surface area contributed by atoms with Crippen molar-refractivity contribution in [2.75, 3.05) is 25.0 Å².